The van der Waals surface area contributed by atoms with Crippen molar-refractivity contribution in [1.29, 1.82) is 0 Å². The maximum Gasteiger partial charge on any atom is 0.0817 e. The Labute approximate surface area is 127 Å². The van der Waals surface area contributed by atoms with Crippen LogP contribution in [0.4, 0.5) is 5.69 Å². The van der Waals surface area contributed by atoms with E-state index in [1.54, 1.807) is 0 Å². The third kappa shape index (κ3) is 4.33. The summed E-state index contributed by atoms with van der Waals surface area (Å²) in [6.45, 7) is 6.87. The molecular formula is C17H26N4. The first kappa shape index (κ1) is 15.6. The normalized spacial score (nSPS) is 12.3. The fourth-order valence-corrected chi connectivity index (χ4v) is 2.31. The average molecular weight is 286 g/mol. The first-order valence-electron chi connectivity index (χ1n) is 7.78. The van der Waals surface area contributed by atoms with Crippen molar-refractivity contribution >= 4 is 5.69 Å². The Morgan fingerprint density at radius 2 is 2.00 bits per heavy atom. The van der Waals surface area contributed by atoms with Gasteiger partial charge in [0.15, 0.2) is 0 Å². The third-order valence-corrected chi connectivity index (χ3v) is 3.81. The van der Waals surface area contributed by atoms with E-state index in [-0.39, 0.29) is 0 Å². The molecule has 2 aromatic rings. The van der Waals surface area contributed by atoms with E-state index < -0.39 is 0 Å². The molecule has 0 amide bonds. The molecule has 0 spiro atoms. The maximum atomic E-state index is 5.66. The number of aromatic nitrogens is 2. The van der Waals surface area contributed by atoms with Crippen LogP contribution in [-0.4, -0.2) is 22.9 Å². The molecule has 1 atom stereocenters. The molecule has 4 heteroatoms. The number of nitrogens with zero attached hydrogens (tertiary/aromatic N) is 3. The molecule has 2 rings (SSSR count). The third-order valence-electron chi connectivity index (χ3n) is 3.81. The fourth-order valence-electron chi connectivity index (χ4n) is 2.31. The molecule has 2 N–H and O–H groups in total. The van der Waals surface area contributed by atoms with E-state index in [9.17, 15) is 0 Å². The Bertz CT molecular complexity index is 521. The van der Waals surface area contributed by atoms with Crippen LogP contribution in [0.5, 0.6) is 0 Å². The summed E-state index contributed by atoms with van der Waals surface area (Å²) in [6.07, 6.45) is 4.16. The summed E-state index contributed by atoms with van der Waals surface area (Å²) < 4.78 is 2.06. The van der Waals surface area contributed by atoms with Crippen LogP contribution in [0.3, 0.4) is 0 Å². The maximum absolute atomic E-state index is 5.66. The lowest BCUT2D eigenvalue weighted by molar-refractivity contribution is 0.473. The molecule has 0 aliphatic heterocycles. The standard InChI is InChI=1S/C17H26N4/c1-3-15(2)21-13-10-16(19-21)14-20(12-7-11-18)17-8-5-4-6-9-17/h4-6,8-10,13,15H,3,7,11-12,14,18H2,1-2H3. The molecule has 1 aromatic carbocycles. The Morgan fingerprint density at radius 3 is 2.67 bits per heavy atom. The minimum atomic E-state index is 0.452. The average Bonchev–Trinajstić information content (AvgIpc) is 3.00. The van der Waals surface area contributed by atoms with Gasteiger partial charge in [0.1, 0.15) is 0 Å². The van der Waals surface area contributed by atoms with Gasteiger partial charge in [0.25, 0.3) is 0 Å². The lowest BCUT2D eigenvalue weighted by Crippen LogP contribution is -2.26. The van der Waals surface area contributed by atoms with Gasteiger partial charge in [-0.25, -0.2) is 0 Å². The Morgan fingerprint density at radius 1 is 1.24 bits per heavy atom. The van der Waals surface area contributed by atoms with Crippen molar-refractivity contribution in [2.75, 3.05) is 18.0 Å². The largest absolute Gasteiger partial charge is 0.366 e. The number of anilines is 1. The Kier molecular flexibility index (Phi) is 5.81. The van der Waals surface area contributed by atoms with Gasteiger partial charge in [-0.1, -0.05) is 25.1 Å². The van der Waals surface area contributed by atoms with Crippen LogP contribution in [0.2, 0.25) is 0 Å². The summed E-state index contributed by atoms with van der Waals surface area (Å²) in [5.41, 5.74) is 8.00. The van der Waals surface area contributed by atoms with Gasteiger partial charge >= 0.3 is 0 Å². The SMILES string of the molecule is CCC(C)n1ccc(CN(CCCN)c2ccccc2)n1. The zero-order valence-electron chi connectivity index (χ0n) is 13.1. The quantitative estimate of drug-likeness (QED) is 0.810. The van der Waals surface area contributed by atoms with Gasteiger partial charge in [-0.3, -0.25) is 4.68 Å². The minimum absolute atomic E-state index is 0.452. The zero-order chi connectivity index (χ0) is 15.1. The van der Waals surface area contributed by atoms with E-state index in [0.717, 1.165) is 31.6 Å². The highest BCUT2D eigenvalue weighted by Gasteiger charge is 2.10. The zero-order valence-corrected chi connectivity index (χ0v) is 13.1. The highest BCUT2D eigenvalue weighted by atomic mass is 15.3. The second kappa shape index (κ2) is 7.84. The van der Waals surface area contributed by atoms with Crippen molar-refractivity contribution < 1.29 is 0 Å². The molecule has 0 radical (unpaired) electrons. The smallest absolute Gasteiger partial charge is 0.0817 e. The predicted molar refractivity (Wildman–Crippen MR) is 88.4 cm³/mol. The second-order valence-corrected chi connectivity index (χ2v) is 5.44. The highest BCUT2D eigenvalue weighted by molar-refractivity contribution is 5.46. The number of nitrogens with two attached hydrogens (primary N) is 1. The van der Waals surface area contributed by atoms with Crippen LogP contribution in [0, 0.1) is 0 Å². The summed E-state index contributed by atoms with van der Waals surface area (Å²) in [5.74, 6) is 0. The van der Waals surface area contributed by atoms with Crippen LogP contribution in [0.15, 0.2) is 42.6 Å². The van der Waals surface area contributed by atoms with E-state index in [1.165, 1.54) is 5.69 Å². The summed E-state index contributed by atoms with van der Waals surface area (Å²) in [4.78, 5) is 2.34. The van der Waals surface area contributed by atoms with Crippen molar-refractivity contribution in [3.63, 3.8) is 0 Å². The van der Waals surface area contributed by atoms with Crippen LogP contribution < -0.4 is 10.6 Å². The predicted octanol–water partition coefficient (Wildman–Crippen LogP) is 3.21. The van der Waals surface area contributed by atoms with Crippen molar-refractivity contribution in [3.8, 4) is 0 Å². The topological polar surface area (TPSA) is 47.1 Å². The van der Waals surface area contributed by atoms with Crippen LogP contribution in [0.1, 0.15) is 38.4 Å². The van der Waals surface area contributed by atoms with Crippen molar-refractivity contribution in [1.82, 2.24) is 9.78 Å². The number of hydrogen-bond acceptors (Lipinski definition) is 3. The van der Waals surface area contributed by atoms with Gasteiger partial charge in [0, 0.05) is 24.5 Å². The van der Waals surface area contributed by atoms with E-state index in [1.807, 2.05) is 6.07 Å². The van der Waals surface area contributed by atoms with Gasteiger partial charge in [-0.15, -0.1) is 0 Å². The summed E-state index contributed by atoms with van der Waals surface area (Å²) in [6, 6.07) is 13.0. The molecule has 0 bridgehead atoms. The molecule has 1 aromatic heterocycles. The number of para-hydroxylation sites is 1. The van der Waals surface area contributed by atoms with Crippen molar-refractivity contribution in [2.45, 2.75) is 39.3 Å². The van der Waals surface area contributed by atoms with Gasteiger partial charge in [-0.05, 0) is 44.5 Å². The number of benzene rings is 1. The molecule has 1 heterocycles. The minimum Gasteiger partial charge on any atom is -0.366 e. The van der Waals surface area contributed by atoms with Crippen LogP contribution in [-0.2, 0) is 6.54 Å². The molecule has 0 saturated heterocycles. The molecule has 0 aliphatic rings. The molecule has 0 saturated carbocycles. The van der Waals surface area contributed by atoms with E-state index in [0.29, 0.717) is 12.6 Å². The summed E-state index contributed by atoms with van der Waals surface area (Å²) in [7, 11) is 0. The summed E-state index contributed by atoms with van der Waals surface area (Å²) in [5, 5.41) is 4.70. The molecule has 1 unspecified atom stereocenters. The van der Waals surface area contributed by atoms with Gasteiger partial charge in [-0.2, -0.15) is 5.10 Å². The Balaban J connectivity index is 2.09. The monoisotopic (exact) mass is 286 g/mol. The fraction of sp³-hybridized carbons (Fsp3) is 0.471. The van der Waals surface area contributed by atoms with Crippen molar-refractivity contribution in [3.05, 3.63) is 48.3 Å². The van der Waals surface area contributed by atoms with Crippen molar-refractivity contribution in [2.24, 2.45) is 5.73 Å². The van der Waals surface area contributed by atoms with E-state index in [2.05, 4.69) is 60.0 Å². The van der Waals surface area contributed by atoms with E-state index in [4.69, 9.17) is 10.8 Å². The first-order valence-corrected chi connectivity index (χ1v) is 7.78. The van der Waals surface area contributed by atoms with Crippen LogP contribution in [0.25, 0.3) is 0 Å². The Hall–Kier alpha value is -1.81. The second-order valence-electron chi connectivity index (χ2n) is 5.44. The summed E-state index contributed by atoms with van der Waals surface area (Å²) >= 11 is 0. The van der Waals surface area contributed by atoms with E-state index >= 15 is 0 Å². The molecule has 0 fully saturated rings. The number of rotatable bonds is 8. The highest BCUT2D eigenvalue weighted by Crippen LogP contribution is 2.17. The molecule has 114 valence electrons. The molecule has 4 nitrogen and oxygen atoms in total. The molecule has 21 heavy (non-hydrogen) atoms. The first-order chi connectivity index (χ1) is 10.2. The van der Waals surface area contributed by atoms with Gasteiger partial charge in [0.05, 0.1) is 12.2 Å². The van der Waals surface area contributed by atoms with Crippen LogP contribution >= 0.6 is 0 Å². The lowest BCUT2D eigenvalue weighted by Gasteiger charge is -2.23. The van der Waals surface area contributed by atoms with Gasteiger partial charge in [0.2, 0.25) is 0 Å². The lowest BCUT2D eigenvalue weighted by atomic mass is 10.2. The number of hydrogen-bond donors (Lipinski definition) is 1. The molecule has 0 aliphatic carbocycles. The molecular weight excluding hydrogens is 260 g/mol. The van der Waals surface area contributed by atoms with Gasteiger partial charge < -0.3 is 10.6 Å².